The number of halogens is 4. The Labute approximate surface area is 125 Å². The molecule has 3 nitrogen and oxygen atoms in total. The summed E-state index contributed by atoms with van der Waals surface area (Å²) in [6.45, 7) is 3.61. The Morgan fingerprint density at radius 2 is 1.76 bits per heavy atom. The summed E-state index contributed by atoms with van der Waals surface area (Å²) < 4.78 is 39.8. The van der Waals surface area contributed by atoms with Gasteiger partial charge in [0.25, 0.3) is 0 Å². The van der Waals surface area contributed by atoms with Crippen molar-refractivity contribution in [2.45, 2.75) is 26.7 Å². The van der Waals surface area contributed by atoms with Crippen LogP contribution in [0.3, 0.4) is 0 Å². The molecular weight excluding hydrogens is 303 g/mol. The van der Waals surface area contributed by atoms with E-state index >= 15 is 0 Å². The van der Waals surface area contributed by atoms with Crippen molar-refractivity contribution in [1.29, 1.82) is 0 Å². The molecule has 1 N–H and O–H groups in total. The number of nitrogens with one attached hydrogen (secondary N) is 1. The van der Waals surface area contributed by atoms with E-state index in [2.05, 4.69) is 15.3 Å². The minimum Gasteiger partial charge on any atom is -0.337 e. The summed E-state index contributed by atoms with van der Waals surface area (Å²) in [5.41, 5.74) is 0.287. The largest absolute Gasteiger partial charge is 0.337 e. The average Bonchev–Trinajstić information content (AvgIpc) is 2.42. The van der Waals surface area contributed by atoms with Crippen molar-refractivity contribution in [3.05, 3.63) is 46.1 Å². The molecule has 0 saturated heterocycles. The zero-order valence-electron chi connectivity index (χ0n) is 11.5. The lowest BCUT2D eigenvalue weighted by molar-refractivity contribution is 0.496. The van der Waals surface area contributed by atoms with E-state index in [9.17, 15) is 13.2 Å². The van der Waals surface area contributed by atoms with Crippen molar-refractivity contribution in [3.8, 4) is 0 Å². The third-order valence-corrected chi connectivity index (χ3v) is 3.24. The highest BCUT2D eigenvalue weighted by atomic mass is 35.5. The lowest BCUT2D eigenvalue weighted by atomic mass is 10.2. The van der Waals surface area contributed by atoms with Gasteiger partial charge < -0.3 is 5.32 Å². The Morgan fingerprint density at radius 1 is 1.10 bits per heavy atom. The fraction of sp³-hybridized carbons (Fsp3) is 0.286. The van der Waals surface area contributed by atoms with Gasteiger partial charge in [-0.15, -0.1) is 0 Å². The second-order valence-electron chi connectivity index (χ2n) is 4.53. The molecule has 0 bridgehead atoms. The number of anilines is 2. The van der Waals surface area contributed by atoms with Crippen LogP contribution in [0.2, 0.25) is 5.15 Å². The molecule has 0 radical (unpaired) electrons. The number of benzene rings is 1. The van der Waals surface area contributed by atoms with Crippen molar-refractivity contribution >= 4 is 23.1 Å². The van der Waals surface area contributed by atoms with Gasteiger partial charge in [0.1, 0.15) is 22.6 Å². The summed E-state index contributed by atoms with van der Waals surface area (Å²) in [5.74, 6) is -2.55. The maximum absolute atomic E-state index is 13.7. The van der Waals surface area contributed by atoms with Gasteiger partial charge in [-0.2, -0.15) is 0 Å². The Kier molecular flexibility index (Phi) is 4.67. The molecule has 0 atom stereocenters. The van der Waals surface area contributed by atoms with Gasteiger partial charge in [-0.05, 0) is 13.3 Å². The number of aryl methyl sites for hydroxylation is 1. The van der Waals surface area contributed by atoms with Crippen molar-refractivity contribution < 1.29 is 13.2 Å². The van der Waals surface area contributed by atoms with Gasteiger partial charge in [0.15, 0.2) is 11.6 Å². The van der Waals surface area contributed by atoms with Crippen LogP contribution in [0.4, 0.5) is 24.7 Å². The number of hydrogen-bond acceptors (Lipinski definition) is 3. The summed E-state index contributed by atoms with van der Waals surface area (Å²) in [4.78, 5) is 8.33. The van der Waals surface area contributed by atoms with Crippen LogP contribution in [-0.2, 0) is 6.42 Å². The molecule has 0 aliphatic heterocycles. The Hall–Kier alpha value is -1.82. The predicted molar refractivity (Wildman–Crippen MR) is 75.4 cm³/mol. The topological polar surface area (TPSA) is 37.8 Å². The summed E-state index contributed by atoms with van der Waals surface area (Å²) in [5, 5.41) is 2.87. The summed E-state index contributed by atoms with van der Waals surface area (Å²) >= 11 is 6.00. The van der Waals surface area contributed by atoms with Crippen molar-refractivity contribution in [2.24, 2.45) is 0 Å². The van der Waals surface area contributed by atoms with E-state index in [4.69, 9.17) is 11.6 Å². The standard InChI is InChI=1S/C14H13ClF3N3/c1-3-4-12-20-13(15)7(2)14(21-12)19-11-6-9(17)8(16)5-10(11)18/h5-6H,3-4H2,1-2H3,(H,19,20,21). The monoisotopic (exact) mass is 315 g/mol. The zero-order chi connectivity index (χ0) is 15.6. The third-order valence-electron chi connectivity index (χ3n) is 2.87. The predicted octanol–water partition coefficient (Wildman–Crippen LogP) is 4.55. The first-order valence-electron chi connectivity index (χ1n) is 6.37. The molecule has 0 saturated carbocycles. The van der Waals surface area contributed by atoms with Crippen LogP contribution in [-0.4, -0.2) is 9.97 Å². The van der Waals surface area contributed by atoms with E-state index in [1.807, 2.05) is 6.92 Å². The highest BCUT2D eigenvalue weighted by Crippen LogP contribution is 2.26. The highest BCUT2D eigenvalue weighted by Gasteiger charge is 2.14. The second-order valence-corrected chi connectivity index (χ2v) is 4.88. The first-order valence-corrected chi connectivity index (χ1v) is 6.74. The first-order chi connectivity index (χ1) is 9.92. The smallest absolute Gasteiger partial charge is 0.161 e. The van der Waals surface area contributed by atoms with Crippen molar-refractivity contribution in [3.63, 3.8) is 0 Å². The van der Waals surface area contributed by atoms with Crippen molar-refractivity contribution in [1.82, 2.24) is 9.97 Å². The van der Waals surface area contributed by atoms with E-state index in [-0.39, 0.29) is 16.7 Å². The molecule has 1 aromatic heterocycles. The van der Waals surface area contributed by atoms with Gasteiger partial charge in [-0.1, -0.05) is 18.5 Å². The fourth-order valence-corrected chi connectivity index (χ4v) is 1.92. The number of hydrogen-bond donors (Lipinski definition) is 1. The number of rotatable bonds is 4. The molecule has 21 heavy (non-hydrogen) atoms. The molecule has 2 aromatic rings. The van der Waals surface area contributed by atoms with Crippen LogP contribution in [0.5, 0.6) is 0 Å². The van der Waals surface area contributed by atoms with E-state index in [0.29, 0.717) is 23.9 Å². The molecule has 0 spiro atoms. The van der Waals surface area contributed by atoms with Crippen LogP contribution >= 0.6 is 11.6 Å². The van der Waals surface area contributed by atoms with Crippen molar-refractivity contribution in [2.75, 3.05) is 5.32 Å². The van der Waals surface area contributed by atoms with Crippen LogP contribution in [0, 0.1) is 24.4 Å². The lowest BCUT2D eigenvalue weighted by Gasteiger charge is -2.12. The van der Waals surface area contributed by atoms with E-state index in [0.717, 1.165) is 12.5 Å². The summed E-state index contributed by atoms with van der Waals surface area (Å²) in [7, 11) is 0. The van der Waals surface area contributed by atoms with Crippen LogP contribution < -0.4 is 5.32 Å². The second kappa shape index (κ2) is 6.30. The number of nitrogens with zero attached hydrogens (tertiary/aromatic N) is 2. The van der Waals surface area contributed by atoms with Gasteiger partial charge in [0.05, 0.1) is 5.69 Å². The van der Waals surface area contributed by atoms with E-state index < -0.39 is 17.5 Å². The molecule has 7 heteroatoms. The zero-order valence-corrected chi connectivity index (χ0v) is 12.2. The van der Waals surface area contributed by atoms with Crippen LogP contribution in [0.1, 0.15) is 24.7 Å². The van der Waals surface area contributed by atoms with Crippen LogP contribution in [0.15, 0.2) is 12.1 Å². The maximum Gasteiger partial charge on any atom is 0.161 e. The van der Waals surface area contributed by atoms with E-state index in [1.165, 1.54) is 0 Å². The molecule has 0 fully saturated rings. The minimum atomic E-state index is -1.25. The number of aromatic nitrogens is 2. The van der Waals surface area contributed by atoms with Crippen LogP contribution in [0.25, 0.3) is 0 Å². The molecule has 1 heterocycles. The van der Waals surface area contributed by atoms with Gasteiger partial charge in [0, 0.05) is 24.1 Å². The molecule has 0 unspecified atom stereocenters. The molecule has 112 valence electrons. The molecule has 0 aliphatic carbocycles. The molecule has 0 aliphatic rings. The lowest BCUT2D eigenvalue weighted by Crippen LogP contribution is -2.05. The highest BCUT2D eigenvalue weighted by molar-refractivity contribution is 6.30. The maximum atomic E-state index is 13.7. The van der Waals surface area contributed by atoms with Gasteiger partial charge >= 0.3 is 0 Å². The molecule has 0 amide bonds. The van der Waals surface area contributed by atoms with E-state index in [1.54, 1.807) is 6.92 Å². The molecular formula is C14H13ClF3N3. The third kappa shape index (κ3) is 3.44. The average molecular weight is 316 g/mol. The molecule has 2 rings (SSSR count). The van der Waals surface area contributed by atoms with Gasteiger partial charge in [-0.3, -0.25) is 0 Å². The first kappa shape index (κ1) is 15.6. The Bertz CT molecular complexity index is 677. The Balaban J connectivity index is 2.41. The summed E-state index contributed by atoms with van der Waals surface area (Å²) in [6, 6.07) is 1.21. The Morgan fingerprint density at radius 3 is 2.43 bits per heavy atom. The SMILES string of the molecule is CCCc1nc(Cl)c(C)c(Nc2cc(F)c(F)cc2F)n1. The quantitative estimate of drug-likeness (QED) is 0.664. The van der Waals surface area contributed by atoms with Gasteiger partial charge in [0.2, 0.25) is 0 Å². The normalized spacial score (nSPS) is 10.8. The fourth-order valence-electron chi connectivity index (χ4n) is 1.74. The minimum absolute atomic E-state index is 0.214. The van der Waals surface area contributed by atoms with Gasteiger partial charge in [-0.25, -0.2) is 23.1 Å². The summed E-state index contributed by atoms with van der Waals surface area (Å²) in [6.07, 6.45) is 1.42. The molecule has 1 aromatic carbocycles.